The van der Waals surface area contributed by atoms with Crippen molar-refractivity contribution in [2.45, 2.75) is 0 Å². The van der Waals surface area contributed by atoms with Gasteiger partial charge in [-0.05, 0) is 29.6 Å². The molecular formula is C12H16Cl2N2OS. The molecule has 0 radical (unpaired) electrons. The molecule has 3 nitrogen and oxygen atoms in total. The number of anilines is 2. The largest absolute Gasteiger partial charge is 0.399 e. The van der Waals surface area contributed by atoms with E-state index in [4.69, 9.17) is 10.8 Å². The minimum absolute atomic E-state index is 0. The van der Waals surface area contributed by atoms with Crippen molar-refractivity contribution in [1.29, 1.82) is 0 Å². The molecule has 0 atom stereocenters. The third-order valence-corrected chi connectivity index (χ3v) is 3.16. The summed E-state index contributed by atoms with van der Waals surface area (Å²) in [7, 11) is 0. The predicted molar refractivity (Wildman–Crippen MR) is 84.2 cm³/mol. The smallest absolute Gasteiger partial charge is 0.0604 e. The van der Waals surface area contributed by atoms with Crippen molar-refractivity contribution in [3.05, 3.63) is 35.7 Å². The highest BCUT2D eigenvalue weighted by Crippen LogP contribution is 2.32. The van der Waals surface area contributed by atoms with Crippen molar-refractivity contribution in [1.82, 2.24) is 0 Å². The van der Waals surface area contributed by atoms with Gasteiger partial charge in [-0.3, -0.25) is 0 Å². The fourth-order valence-electron chi connectivity index (χ4n) is 1.54. The van der Waals surface area contributed by atoms with Crippen LogP contribution < -0.4 is 11.1 Å². The zero-order valence-corrected chi connectivity index (χ0v) is 12.1. The molecule has 18 heavy (non-hydrogen) atoms. The Morgan fingerprint density at radius 2 is 2.00 bits per heavy atom. The standard InChI is InChI=1S/C12H14N2OS.2ClH/c13-9-3-4-11(14-5-6-15)10(8-9)12-2-1-7-16-12;;/h1-4,7-8,14-15H,5-6,13H2;2*1H. The van der Waals surface area contributed by atoms with Gasteiger partial charge in [0.05, 0.1) is 6.61 Å². The molecule has 0 aliphatic rings. The second kappa shape index (κ2) is 8.21. The van der Waals surface area contributed by atoms with Crippen LogP contribution in [0.25, 0.3) is 10.4 Å². The Hall–Kier alpha value is -0.940. The number of halogens is 2. The Morgan fingerprint density at radius 3 is 2.61 bits per heavy atom. The van der Waals surface area contributed by atoms with E-state index in [1.54, 1.807) is 11.3 Å². The van der Waals surface area contributed by atoms with E-state index in [-0.39, 0.29) is 31.4 Å². The lowest BCUT2D eigenvalue weighted by atomic mass is 10.1. The molecule has 0 amide bonds. The van der Waals surface area contributed by atoms with E-state index in [2.05, 4.69) is 11.4 Å². The van der Waals surface area contributed by atoms with Crippen molar-refractivity contribution < 1.29 is 5.11 Å². The van der Waals surface area contributed by atoms with Gasteiger partial charge in [-0.15, -0.1) is 36.2 Å². The van der Waals surface area contributed by atoms with Gasteiger partial charge in [0, 0.05) is 28.4 Å². The zero-order valence-electron chi connectivity index (χ0n) is 9.63. The van der Waals surface area contributed by atoms with Gasteiger partial charge in [0.25, 0.3) is 0 Å². The van der Waals surface area contributed by atoms with E-state index in [1.807, 2.05) is 29.6 Å². The van der Waals surface area contributed by atoms with Crippen LogP contribution >= 0.6 is 36.2 Å². The number of benzene rings is 1. The van der Waals surface area contributed by atoms with Crippen molar-refractivity contribution in [2.75, 3.05) is 24.2 Å². The molecule has 1 aromatic heterocycles. The van der Waals surface area contributed by atoms with Crippen LogP contribution in [0, 0.1) is 0 Å². The van der Waals surface area contributed by atoms with Crippen LogP contribution in [0.4, 0.5) is 11.4 Å². The van der Waals surface area contributed by atoms with E-state index < -0.39 is 0 Å². The van der Waals surface area contributed by atoms with E-state index in [0.717, 1.165) is 16.9 Å². The number of hydrogen-bond donors (Lipinski definition) is 3. The van der Waals surface area contributed by atoms with E-state index in [0.29, 0.717) is 6.54 Å². The van der Waals surface area contributed by atoms with E-state index in [1.165, 1.54) is 4.88 Å². The van der Waals surface area contributed by atoms with Gasteiger partial charge >= 0.3 is 0 Å². The Morgan fingerprint density at radius 1 is 1.22 bits per heavy atom. The molecule has 1 heterocycles. The first-order valence-corrected chi connectivity index (χ1v) is 5.97. The molecule has 0 aliphatic heterocycles. The predicted octanol–water partition coefficient (Wildman–Crippen LogP) is 3.25. The van der Waals surface area contributed by atoms with E-state index in [9.17, 15) is 0 Å². The number of nitrogens with one attached hydrogen (secondary N) is 1. The van der Waals surface area contributed by atoms with Gasteiger partial charge in [0.2, 0.25) is 0 Å². The third kappa shape index (κ3) is 4.07. The normalized spacial score (nSPS) is 9.17. The molecule has 0 saturated heterocycles. The van der Waals surface area contributed by atoms with Crippen molar-refractivity contribution in [3.63, 3.8) is 0 Å². The molecule has 0 aliphatic carbocycles. The fraction of sp³-hybridized carbons (Fsp3) is 0.167. The molecule has 4 N–H and O–H groups in total. The topological polar surface area (TPSA) is 58.3 Å². The minimum atomic E-state index is 0. The number of hydrogen-bond acceptors (Lipinski definition) is 4. The molecule has 0 bridgehead atoms. The first-order chi connectivity index (χ1) is 7.81. The van der Waals surface area contributed by atoms with Gasteiger partial charge in [-0.1, -0.05) is 6.07 Å². The first-order valence-electron chi connectivity index (χ1n) is 5.09. The lowest BCUT2D eigenvalue weighted by Crippen LogP contribution is -2.06. The monoisotopic (exact) mass is 306 g/mol. The minimum Gasteiger partial charge on any atom is -0.399 e. The molecule has 0 unspecified atom stereocenters. The van der Waals surface area contributed by atoms with Crippen LogP contribution in [0.3, 0.4) is 0 Å². The van der Waals surface area contributed by atoms with Crippen LogP contribution in [-0.2, 0) is 0 Å². The van der Waals surface area contributed by atoms with Crippen LogP contribution in [0.5, 0.6) is 0 Å². The molecular weight excluding hydrogens is 291 g/mol. The average molecular weight is 307 g/mol. The number of thiophene rings is 1. The summed E-state index contributed by atoms with van der Waals surface area (Å²) in [4.78, 5) is 1.17. The molecule has 1 aromatic carbocycles. The maximum atomic E-state index is 8.82. The Balaban J connectivity index is 0.00000144. The van der Waals surface area contributed by atoms with Crippen LogP contribution in [0.1, 0.15) is 0 Å². The number of rotatable bonds is 4. The number of aliphatic hydroxyl groups is 1. The number of aliphatic hydroxyl groups excluding tert-OH is 1. The lowest BCUT2D eigenvalue weighted by molar-refractivity contribution is 0.311. The molecule has 100 valence electrons. The Kier molecular flexibility index (Phi) is 7.78. The SMILES string of the molecule is Cl.Cl.Nc1ccc(NCCO)c(-c2cccs2)c1. The maximum Gasteiger partial charge on any atom is 0.0604 e. The summed E-state index contributed by atoms with van der Waals surface area (Å²) in [5.74, 6) is 0. The summed E-state index contributed by atoms with van der Waals surface area (Å²) in [6, 6.07) is 9.82. The molecule has 0 spiro atoms. The quantitative estimate of drug-likeness (QED) is 0.760. The lowest BCUT2D eigenvalue weighted by Gasteiger charge is -2.10. The van der Waals surface area contributed by atoms with Crippen LogP contribution in [0.15, 0.2) is 35.7 Å². The number of nitrogens with two attached hydrogens (primary N) is 1. The van der Waals surface area contributed by atoms with Crippen molar-refractivity contribution >= 4 is 47.5 Å². The van der Waals surface area contributed by atoms with Crippen molar-refractivity contribution in [2.24, 2.45) is 0 Å². The van der Waals surface area contributed by atoms with Crippen LogP contribution in [0.2, 0.25) is 0 Å². The second-order valence-corrected chi connectivity index (χ2v) is 4.38. The average Bonchev–Trinajstić information content (AvgIpc) is 2.80. The maximum absolute atomic E-state index is 8.82. The summed E-state index contributed by atoms with van der Waals surface area (Å²) in [5.41, 5.74) is 8.63. The summed E-state index contributed by atoms with van der Waals surface area (Å²) >= 11 is 1.67. The highest BCUT2D eigenvalue weighted by molar-refractivity contribution is 7.13. The molecule has 2 aromatic rings. The summed E-state index contributed by atoms with van der Waals surface area (Å²) in [5, 5.41) is 14.0. The summed E-state index contributed by atoms with van der Waals surface area (Å²) in [6.45, 7) is 0.663. The van der Waals surface area contributed by atoms with Gasteiger partial charge in [0.15, 0.2) is 0 Å². The number of nitrogen functional groups attached to an aromatic ring is 1. The zero-order chi connectivity index (χ0) is 11.4. The molecule has 6 heteroatoms. The van der Waals surface area contributed by atoms with Gasteiger partial charge in [-0.25, -0.2) is 0 Å². The van der Waals surface area contributed by atoms with Crippen molar-refractivity contribution in [3.8, 4) is 10.4 Å². The van der Waals surface area contributed by atoms with E-state index >= 15 is 0 Å². The Bertz CT molecular complexity index is 463. The molecule has 0 fully saturated rings. The third-order valence-electron chi connectivity index (χ3n) is 2.26. The summed E-state index contributed by atoms with van der Waals surface area (Å²) in [6.07, 6.45) is 0. The fourth-order valence-corrected chi connectivity index (χ4v) is 2.30. The first kappa shape index (κ1) is 17.1. The highest BCUT2D eigenvalue weighted by Gasteiger charge is 2.06. The van der Waals surface area contributed by atoms with Crippen LogP contribution in [-0.4, -0.2) is 18.3 Å². The highest BCUT2D eigenvalue weighted by atomic mass is 35.5. The Labute approximate surface area is 123 Å². The molecule has 0 saturated carbocycles. The summed E-state index contributed by atoms with van der Waals surface area (Å²) < 4.78 is 0. The van der Waals surface area contributed by atoms with Gasteiger partial charge in [0.1, 0.15) is 0 Å². The van der Waals surface area contributed by atoms with Gasteiger partial charge in [-0.2, -0.15) is 0 Å². The second-order valence-electron chi connectivity index (χ2n) is 3.43. The van der Waals surface area contributed by atoms with Gasteiger partial charge < -0.3 is 16.2 Å². The molecule has 2 rings (SSSR count).